The molecule has 1 atom stereocenters. The van der Waals surface area contributed by atoms with Gasteiger partial charge in [-0.2, -0.15) is 0 Å². The van der Waals surface area contributed by atoms with Crippen molar-refractivity contribution in [3.8, 4) is 0 Å². The van der Waals surface area contributed by atoms with Crippen LogP contribution in [0.25, 0.3) is 0 Å². The first-order valence-electron chi connectivity index (χ1n) is 7.32. The molecule has 1 unspecified atom stereocenters. The van der Waals surface area contributed by atoms with Gasteiger partial charge in [0.25, 0.3) is 0 Å². The third-order valence-electron chi connectivity index (χ3n) is 3.63. The number of aliphatic hydroxyl groups is 1. The monoisotopic (exact) mass is 296 g/mol. The van der Waals surface area contributed by atoms with Gasteiger partial charge >= 0.3 is 0 Å². The molecule has 0 spiro atoms. The zero-order chi connectivity index (χ0) is 15.7. The number of benzene rings is 1. The molecule has 1 aromatic carbocycles. The molecule has 5 heteroatoms. The van der Waals surface area contributed by atoms with E-state index in [9.17, 15) is 5.11 Å². The second kappa shape index (κ2) is 9.73. The number of aryl methyl sites for hydroxylation is 1. The first-order valence-corrected chi connectivity index (χ1v) is 7.32. The van der Waals surface area contributed by atoms with Gasteiger partial charge < -0.3 is 20.3 Å². The van der Waals surface area contributed by atoms with E-state index < -0.39 is 6.10 Å². The highest BCUT2D eigenvalue weighted by atomic mass is 16.5. The second-order valence-electron chi connectivity index (χ2n) is 5.25. The lowest BCUT2D eigenvalue weighted by atomic mass is 10.0. The summed E-state index contributed by atoms with van der Waals surface area (Å²) in [6.45, 7) is 5.78. The van der Waals surface area contributed by atoms with E-state index in [2.05, 4.69) is 4.90 Å². The highest BCUT2D eigenvalue weighted by Gasteiger charge is 2.12. The molecule has 120 valence electrons. The molecule has 1 aromatic rings. The molecule has 0 heterocycles. The van der Waals surface area contributed by atoms with Crippen LogP contribution in [-0.4, -0.2) is 57.1 Å². The van der Waals surface area contributed by atoms with Gasteiger partial charge in [-0.1, -0.05) is 12.1 Å². The van der Waals surface area contributed by atoms with Crippen molar-refractivity contribution in [2.45, 2.75) is 19.4 Å². The van der Waals surface area contributed by atoms with E-state index in [0.29, 0.717) is 19.6 Å². The molecule has 21 heavy (non-hydrogen) atoms. The Kier molecular flexibility index (Phi) is 8.30. The third-order valence-corrected chi connectivity index (χ3v) is 3.63. The molecule has 3 N–H and O–H groups in total. The summed E-state index contributed by atoms with van der Waals surface area (Å²) >= 11 is 0. The lowest BCUT2D eigenvalue weighted by Gasteiger charge is -2.23. The Labute approximate surface area is 127 Å². The number of nitrogens with two attached hydrogens (primary N) is 1. The van der Waals surface area contributed by atoms with E-state index in [1.165, 1.54) is 0 Å². The number of anilines is 1. The van der Waals surface area contributed by atoms with Gasteiger partial charge in [0.1, 0.15) is 0 Å². The molecular weight excluding hydrogens is 268 g/mol. The van der Waals surface area contributed by atoms with Gasteiger partial charge in [0.15, 0.2) is 0 Å². The van der Waals surface area contributed by atoms with Crippen LogP contribution >= 0.6 is 0 Å². The first kappa shape index (κ1) is 17.9. The first-order chi connectivity index (χ1) is 10.1. The highest BCUT2D eigenvalue weighted by Crippen LogP contribution is 2.21. The topological polar surface area (TPSA) is 68.0 Å². The SMILES string of the molecule is COCCN(CCOC)CCC(O)c1ccc(C)c(N)c1. The van der Waals surface area contributed by atoms with Crippen LogP contribution in [0.2, 0.25) is 0 Å². The third kappa shape index (κ3) is 6.44. The Morgan fingerprint density at radius 2 is 1.76 bits per heavy atom. The zero-order valence-corrected chi connectivity index (χ0v) is 13.3. The average Bonchev–Trinajstić information content (AvgIpc) is 2.49. The van der Waals surface area contributed by atoms with Crippen LogP contribution in [-0.2, 0) is 9.47 Å². The molecule has 0 aliphatic carbocycles. The smallest absolute Gasteiger partial charge is 0.0803 e. The molecule has 0 aliphatic heterocycles. The van der Waals surface area contributed by atoms with Crippen molar-refractivity contribution in [3.05, 3.63) is 29.3 Å². The van der Waals surface area contributed by atoms with Gasteiger partial charge in [0.2, 0.25) is 0 Å². The van der Waals surface area contributed by atoms with E-state index in [1.54, 1.807) is 14.2 Å². The molecule has 0 saturated carbocycles. The number of hydrogen-bond donors (Lipinski definition) is 2. The van der Waals surface area contributed by atoms with Crippen molar-refractivity contribution in [2.24, 2.45) is 0 Å². The van der Waals surface area contributed by atoms with E-state index in [4.69, 9.17) is 15.2 Å². The Hall–Kier alpha value is -1.14. The predicted octanol–water partition coefficient (Wildman–Crippen LogP) is 1.60. The van der Waals surface area contributed by atoms with Crippen molar-refractivity contribution in [1.29, 1.82) is 0 Å². The fraction of sp³-hybridized carbons (Fsp3) is 0.625. The largest absolute Gasteiger partial charge is 0.399 e. The maximum atomic E-state index is 10.3. The van der Waals surface area contributed by atoms with Crippen molar-refractivity contribution < 1.29 is 14.6 Å². The summed E-state index contributed by atoms with van der Waals surface area (Å²) in [5.41, 5.74) is 8.52. The van der Waals surface area contributed by atoms with E-state index in [0.717, 1.165) is 36.4 Å². The highest BCUT2D eigenvalue weighted by molar-refractivity contribution is 5.48. The quantitative estimate of drug-likeness (QED) is 0.642. The Bertz CT molecular complexity index is 405. The molecule has 0 bridgehead atoms. The average molecular weight is 296 g/mol. The molecule has 0 fully saturated rings. The Balaban J connectivity index is 2.50. The maximum absolute atomic E-state index is 10.3. The number of nitrogens with zero attached hydrogens (tertiary/aromatic N) is 1. The van der Waals surface area contributed by atoms with Gasteiger partial charge in [-0.3, -0.25) is 4.90 Å². The van der Waals surface area contributed by atoms with Crippen LogP contribution < -0.4 is 5.73 Å². The summed E-state index contributed by atoms with van der Waals surface area (Å²) in [5.74, 6) is 0. The lowest BCUT2D eigenvalue weighted by molar-refractivity contribution is 0.0945. The van der Waals surface area contributed by atoms with Crippen LogP contribution in [0.4, 0.5) is 5.69 Å². The molecular formula is C16H28N2O3. The summed E-state index contributed by atoms with van der Waals surface area (Å²) < 4.78 is 10.2. The molecule has 5 nitrogen and oxygen atoms in total. The fourth-order valence-electron chi connectivity index (χ4n) is 2.11. The molecule has 1 rings (SSSR count). The summed E-state index contributed by atoms with van der Waals surface area (Å²) in [7, 11) is 3.39. The van der Waals surface area contributed by atoms with E-state index >= 15 is 0 Å². The van der Waals surface area contributed by atoms with Gasteiger partial charge in [-0.25, -0.2) is 0 Å². The van der Waals surface area contributed by atoms with Gasteiger partial charge in [-0.15, -0.1) is 0 Å². The standard InChI is InChI=1S/C16H28N2O3/c1-13-4-5-14(12-15(13)17)16(19)6-7-18(8-10-20-2)9-11-21-3/h4-5,12,16,19H,6-11,17H2,1-3H3. The Morgan fingerprint density at radius 1 is 1.14 bits per heavy atom. The van der Waals surface area contributed by atoms with Gasteiger partial charge in [0, 0.05) is 39.5 Å². The number of hydrogen-bond acceptors (Lipinski definition) is 5. The fourth-order valence-corrected chi connectivity index (χ4v) is 2.11. The van der Waals surface area contributed by atoms with Gasteiger partial charge in [0.05, 0.1) is 19.3 Å². The number of ether oxygens (including phenoxy) is 2. The van der Waals surface area contributed by atoms with Crippen LogP contribution in [0.5, 0.6) is 0 Å². The summed E-state index contributed by atoms with van der Waals surface area (Å²) in [5, 5.41) is 10.3. The minimum Gasteiger partial charge on any atom is -0.399 e. The summed E-state index contributed by atoms with van der Waals surface area (Å²) in [6, 6.07) is 5.74. The van der Waals surface area contributed by atoms with Crippen molar-refractivity contribution in [1.82, 2.24) is 4.90 Å². The minimum absolute atomic E-state index is 0.500. The normalized spacial score (nSPS) is 12.8. The number of methoxy groups -OCH3 is 2. The van der Waals surface area contributed by atoms with Crippen LogP contribution in [0.15, 0.2) is 18.2 Å². The van der Waals surface area contributed by atoms with Crippen molar-refractivity contribution in [2.75, 3.05) is 52.8 Å². The van der Waals surface area contributed by atoms with E-state index in [-0.39, 0.29) is 0 Å². The molecule has 0 aromatic heterocycles. The van der Waals surface area contributed by atoms with Crippen molar-refractivity contribution >= 4 is 5.69 Å². The molecule has 0 saturated heterocycles. The van der Waals surface area contributed by atoms with E-state index in [1.807, 2.05) is 25.1 Å². The summed E-state index contributed by atoms with van der Waals surface area (Å²) in [4.78, 5) is 2.23. The maximum Gasteiger partial charge on any atom is 0.0803 e. The molecule has 0 amide bonds. The van der Waals surface area contributed by atoms with Crippen LogP contribution in [0.1, 0.15) is 23.7 Å². The zero-order valence-electron chi connectivity index (χ0n) is 13.3. The second-order valence-corrected chi connectivity index (χ2v) is 5.25. The van der Waals surface area contributed by atoms with Crippen LogP contribution in [0.3, 0.4) is 0 Å². The van der Waals surface area contributed by atoms with Gasteiger partial charge in [-0.05, 0) is 30.5 Å². The lowest BCUT2D eigenvalue weighted by Crippen LogP contribution is -2.32. The predicted molar refractivity (Wildman–Crippen MR) is 85.4 cm³/mol. The molecule has 0 radical (unpaired) electrons. The van der Waals surface area contributed by atoms with Crippen LogP contribution in [0, 0.1) is 6.92 Å². The number of nitrogen functional groups attached to an aromatic ring is 1. The summed E-state index contributed by atoms with van der Waals surface area (Å²) in [6.07, 6.45) is 0.163. The number of rotatable bonds is 10. The molecule has 0 aliphatic rings. The van der Waals surface area contributed by atoms with Crippen molar-refractivity contribution in [3.63, 3.8) is 0 Å². The Morgan fingerprint density at radius 3 is 2.29 bits per heavy atom. The number of aliphatic hydroxyl groups excluding tert-OH is 1. The minimum atomic E-state index is -0.500.